The van der Waals surface area contributed by atoms with E-state index in [0.29, 0.717) is 25.9 Å². The van der Waals surface area contributed by atoms with E-state index in [0.717, 1.165) is 64.2 Å². The lowest BCUT2D eigenvalue weighted by Crippen LogP contribution is -2.45. The van der Waals surface area contributed by atoms with Gasteiger partial charge in [-0.05, 0) is 83.5 Å². The number of amides is 1. The van der Waals surface area contributed by atoms with Crippen molar-refractivity contribution in [2.24, 2.45) is 0 Å². The van der Waals surface area contributed by atoms with Gasteiger partial charge in [-0.25, -0.2) is 0 Å². The standard InChI is InChI=1S/C68H127NO5/c1-3-5-7-9-11-13-15-17-18-19-20-24-27-30-33-37-40-44-48-52-56-60-66(71)65(64-70)69-67(72)61-57-53-49-45-41-38-34-31-28-25-22-21-23-26-29-32-35-39-43-47-51-55-59-63-74-68(73)62-58-54-50-46-42-36-16-14-12-10-8-6-4-2/h8,10,14,16,21,23,25,28,65-66,70-71H,3-7,9,11-13,15,17-20,22,24,26-27,29-64H2,1-2H3,(H,69,72)/b10-8-,16-14-,23-21-,28-25-. The first-order valence-corrected chi connectivity index (χ1v) is 32.9. The number of carbonyl (C=O) groups is 2. The van der Waals surface area contributed by atoms with Crippen LogP contribution < -0.4 is 5.32 Å². The molecule has 434 valence electrons. The van der Waals surface area contributed by atoms with Crippen molar-refractivity contribution in [3.8, 4) is 0 Å². The van der Waals surface area contributed by atoms with Gasteiger partial charge >= 0.3 is 5.97 Å². The van der Waals surface area contributed by atoms with Gasteiger partial charge < -0.3 is 20.3 Å². The van der Waals surface area contributed by atoms with E-state index in [9.17, 15) is 19.8 Å². The van der Waals surface area contributed by atoms with Crippen LogP contribution in [0.5, 0.6) is 0 Å². The van der Waals surface area contributed by atoms with Crippen LogP contribution in [0.1, 0.15) is 348 Å². The molecule has 74 heavy (non-hydrogen) atoms. The number of hydrogen-bond donors (Lipinski definition) is 3. The summed E-state index contributed by atoms with van der Waals surface area (Å²) >= 11 is 0. The van der Waals surface area contributed by atoms with Crippen molar-refractivity contribution >= 4 is 11.9 Å². The van der Waals surface area contributed by atoms with E-state index in [1.165, 1.54) is 250 Å². The van der Waals surface area contributed by atoms with Crippen molar-refractivity contribution < 1.29 is 24.5 Å². The number of aliphatic hydroxyl groups is 2. The van der Waals surface area contributed by atoms with Crippen LogP contribution in [0, 0.1) is 0 Å². The van der Waals surface area contributed by atoms with Crippen molar-refractivity contribution in [1.29, 1.82) is 0 Å². The summed E-state index contributed by atoms with van der Waals surface area (Å²) in [6.07, 6.45) is 81.3. The van der Waals surface area contributed by atoms with Crippen LogP contribution in [0.2, 0.25) is 0 Å². The van der Waals surface area contributed by atoms with Crippen LogP contribution in [0.4, 0.5) is 0 Å². The number of aliphatic hydroxyl groups excluding tert-OH is 2. The van der Waals surface area contributed by atoms with Gasteiger partial charge in [0, 0.05) is 12.8 Å². The van der Waals surface area contributed by atoms with Crippen LogP contribution in [0.15, 0.2) is 48.6 Å². The molecule has 6 nitrogen and oxygen atoms in total. The van der Waals surface area contributed by atoms with Gasteiger partial charge in [0.2, 0.25) is 5.91 Å². The predicted molar refractivity (Wildman–Crippen MR) is 324 cm³/mol. The highest BCUT2D eigenvalue weighted by atomic mass is 16.5. The van der Waals surface area contributed by atoms with Crippen LogP contribution in [-0.2, 0) is 14.3 Å². The van der Waals surface area contributed by atoms with Crippen molar-refractivity contribution in [2.75, 3.05) is 13.2 Å². The molecule has 2 unspecified atom stereocenters. The number of ether oxygens (including phenoxy) is 1. The maximum absolute atomic E-state index is 12.5. The fourth-order valence-electron chi connectivity index (χ4n) is 10.1. The van der Waals surface area contributed by atoms with E-state index < -0.39 is 12.1 Å². The summed E-state index contributed by atoms with van der Waals surface area (Å²) in [5.74, 6) is -0.0512. The summed E-state index contributed by atoms with van der Waals surface area (Å²) in [5.41, 5.74) is 0. The molecule has 0 saturated carbocycles. The van der Waals surface area contributed by atoms with Crippen LogP contribution in [-0.4, -0.2) is 47.4 Å². The molecule has 0 aromatic rings. The molecule has 0 fully saturated rings. The fourth-order valence-corrected chi connectivity index (χ4v) is 10.1. The minimum atomic E-state index is -0.673. The molecule has 0 bridgehead atoms. The Kier molecular flexibility index (Phi) is 61.5. The number of esters is 1. The van der Waals surface area contributed by atoms with E-state index in [1.807, 2.05) is 0 Å². The first kappa shape index (κ1) is 71.8. The van der Waals surface area contributed by atoms with E-state index in [1.54, 1.807) is 0 Å². The number of nitrogens with one attached hydrogen (secondary N) is 1. The van der Waals surface area contributed by atoms with E-state index in [-0.39, 0.29) is 18.5 Å². The Bertz CT molecular complexity index is 1240. The summed E-state index contributed by atoms with van der Waals surface area (Å²) in [6, 6.07) is -0.551. The van der Waals surface area contributed by atoms with Gasteiger partial charge in [0.05, 0.1) is 25.4 Å². The highest BCUT2D eigenvalue weighted by Gasteiger charge is 2.20. The van der Waals surface area contributed by atoms with E-state index >= 15 is 0 Å². The molecule has 0 aromatic carbocycles. The fraction of sp³-hybridized carbons (Fsp3) is 0.853. The Morgan fingerprint density at radius 2 is 0.703 bits per heavy atom. The predicted octanol–water partition coefficient (Wildman–Crippen LogP) is 20.9. The van der Waals surface area contributed by atoms with Gasteiger partial charge in [-0.15, -0.1) is 0 Å². The highest BCUT2D eigenvalue weighted by molar-refractivity contribution is 5.76. The first-order valence-electron chi connectivity index (χ1n) is 32.9. The van der Waals surface area contributed by atoms with Crippen LogP contribution in [0.3, 0.4) is 0 Å². The minimum absolute atomic E-state index is 0.00829. The van der Waals surface area contributed by atoms with Crippen molar-refractivity contribution in [3.05, 3.63) is 48.6 Å². The molecule has 2 atom stereocenters. The minimum Gasteiger partial charge on any atom is -0.466 e. The zero-order valence-corrected chi connectivity index (χ0v) is 49.6. The number of unbranched alkanes of at least 4 members (excludes halogenated alkanes) is 42. The molecule has 0 aliphatic heterocycles. The molecule has 0 spiro atoms. The zero-order chi connectivity index (χ0) is 53.6. The van der Waals surface area contributed by atoms with E-state index in [2.05, 4.69) is 67.8 Å². The average Bonchev–Trinajstić information content (AvgIpc) is 3.40. The van der Waals surface area contributed by atoms with Gasteiger partial charge in [0.25, 0.3) is 0 Å². The molecule has 3 N–H and O–H groups in total. The number of allylic oxidation sites excluding steroid dienone is 8. The van der Waals surface area contributed by atoms with Crippen LogP contribution >= 0.6 is 0 Å². The Morgan fingerprint density at radius 3 is 1.08 bits per heavy atom. The molecule has 0 aliphatic rings. The lowest BCUT2D eigenvalue weighted by Gasteiger charge is -2.22. The molecule has 0 heterocycles. The Balaban J connectivity index is 3.46. The van der Waals surface area contributed by atoms with Gasteiger partial charge in [0.1, 0.15) is 0 Å². The van der Waals surface area contributed by atoms with Gasteiger partial charge in [-0.3, -0.25) is 9.59 Å². The second-order valence-corrected chi connectivity index (χ2v) is 22.4. The molecule has 0 aromatic heterocycles. The van der Waals surface area contributed by atoms with Gasteiger partial charge in [-0.2, -0.15) is 0 Å². The number of carbonyl (C=O) groups excluding carboxylic acids is 2. The first-order chi connectivity index (χ1) is 36.5. The summed E-state index contributed by atoms with van der Waals surface area (Å²) in [5, 5.41) is 23.4. The second-order valence-electron chi connectivity index (χ2n) is 22.4. The van der Waals surface area contributed by atoms with Gasteiger partial charge in [0.15, 0.2) is 0 Å². The topological polar surface area (TPSA) is 95.9 Å². The Labute approximate surface area is 461 Å². The quantitative estimate of drug-likeness (QED) is 0.0320. The molecule has 0 aliphatic carbocycles. The third-order valence-corrected chi connectivity index (χ3v) is 15.1. The summed E-state index contributed by atoms with van der Waals surface area (Å²) in [7, 11) is 0. The third kappa shape index (κ3) is 59.1. The molecule has 0 saturated heterocycles. The maximum Gasteiger partial charge on any atom is 0.305 e. The summed E-state index contributed by atoms with van der Waals surface area (Å²) in [6.45, 7) is 4.89. The number of rotatable bonds is 61. The lowest BCUT2D eigenvalue weighted by molar-refractivity contribution is -0.143. The Morgan fingerprint density at radius 1 is 0.378 bits per heavy atom. The normalized spacial score (nSPS) is 12.9. The van der Waals surface area contributed by atoms with Crippen molar-refractivity contribution in [3.63, 3.8) is 0 Å². The Hall–Kier alpha value is -2.18. The second kappa shape index (κ2) is 63.4. The molecule has 0 rings (SSSR count). The summed E-state index contributed by atoms with van der Waals surface area (Å²) in [4.78, 5) is 24.6. The monoisotopic (exact) mass is 1040 g/mol. The molecule has 6 heteroatoms. The smallest absolute Gasteiger partial charge is 0.305 e. The lowest BCUT2D eigenvalue weighted by atomic mass is 10.0. The van der Waals surface area contributed by atoms with Crippen molar-refractivity contribution in [2.45, 2.75) is 360 Å². The zero-order valence-electron chi connectivity index (χ0n) is 49.6. The summed E-state index contributed by atoms with van der Waals surface area (Å²) < 4.78 is 5.46. The van der Waals surface area contributed by atoms with Crippen LogP contribution in [0.25, 0.3) is 0 Å². The van der Waals surface area contributed by atoms with Gasteiger partial charge in [-0.1, -0.05) is 300 Å². The number of hydrogen-bond acceptors (Lipinski definition) is 5. The third-order valence-electron chi connectivity index (χ3n) is 15.1. The highest BCUT2D eigenvalue weighted by Crippen LogP contribution is 2.18. The molecular formula is C68H127NO5. The van der Waals surface area contributed by atoms with E-state index in [4.69, 9.17) is 4.74 Å². The molecular weight excluding hydrogens is 911 g/mol. The molecule has 0 radical (unpaired) electrons. The molecule has 1 amide bonds. The maximum atomic E-state index is 12.5. The SMILES string of the molecule is CCC/C=C\C/C=C\CCCCCCCC(=O)OCCCCCCCCCCC/C=C\C/C=C\CCCCCCCCCC(=O)NC(CO)C(O)CCCCCCCCCCCCCCCCCCCCCCC. The largest absolute Gasteiger partial charge is 0.466 e. The average molecular weight is 1040 g/mol. The van der Waals surface area contributed by atoms with Crippen molar-refractivity contribution in [1.82, 2.24) is 5.32 Å².